The summed E-state index contributed by atoms with van der Waals surface area (Å²) in [5.41, 5.74) is 1.95. The third kappa shape index (κ3) is 1.52. The SMILES string of the molecule is ClCCn1c(Cl)nc2ccccc21. The fourth-order valence-electron chi connectivity index (χ4n) is 1.34. The predicted octanol–water partition coefficient (Wildman–Crippen LogP) is 2.93. The Bertz CT molecular complexity index is 422. The standard InChI is InChI=1S/C9H8Cl2N2/c10-5-6-13-8-4-2-1-3-7(8)12-9(13)11/h1-4H,5-6H2. The van der Waals surface area contributed by atoms with Crippen molar-refractivity contribution >= 4 is 34.2 Å². The maximum atomic E-state index is 5.94. The average molecular weight is 215 g/mol. The first kappa shape index (κ1) is 8.85. The highest BCUT2D eigenvalue weighted by atomic mass is 35.5. The van der Waals surface area contributed by atoms with Gasteiger partial charge < -0.3 is 4.57 Å². The van der Waals surface area contributed by atoms with Gasteiger partial charge in [0.1, 0.15) is 0 Å². The van der Waals surface area contributed by atoms with Gasteiger partial charge in [0.25, 0.3) is 0 Å². The van der Waals surface area contributed by atoms with Crippen molar-refractivity contribution in [3.8, 4) is 0 Å². The molecule has 0 saturated carbocycles. The van der Waals surface area contributed by atoms with Crippen molar-refractivity contribution in [3.05, 3.63) is 29.5 Å². The second kappa shape index (κ2) is 3.56. The van der Waals surface area contributed by atoms with Crippen molar-refractivity contribution in [2.24, 2.45) is 0 Å². The maximum Gasteiger partial charge on any atom is 0.203 e. The summed E-state index contributed by atoms with van der Waals surface area (Å²) in [7, 11) is 0. The van der Waals surface area contributed by atoms with E-state index in [1.54, 1.807) is 0 Å². The molecule has 0 saturated heterocycles. The predicted molar refractivity (Wildman–Crippen MR) is 55.5 cm³/mol. The number of fused-ring (bicyclic) bond motifs is 1. The second-order valence-electron chi connectivity index (χ2n) is 2.71. The quantitative estimate of drug-likeness (QED) is 0.704. The number of halogens is 2. The van der Waals surface area contributed by atoms with E-state index in [1.807, 2.05) is 28.8 Å². The molecule has 0 amide bonds. The molecule has 2 rings (SSSR count). The van der Waals surface area contributed by atoms with E-state index in [1.165, 1.54) is 0 Å². The van der Waals surface area contributed by atoms with Gasteiger partial charge in [-0.05, 0) is 23.7 Å². The normalized spacial score (nSPS) is 10.9. The maximum absolute atomic E-state index is 5.94. The molecular weight excluding hydrogens is 207 g/mol. The van der Waals surface area contributed by atoms with E-state index in [2.05, 4.69) is 4.98 Å². The molecule has 1 aromatic heterocycles. The van der Waals surface area contributed by atoms with Gasteiger partial charge in [-0.15, -0.1) is 11.6 Å². The zero-order chi connectivity index (χ0) is 9.26. The van der Waals surface area contributed by atoms with E-state index < -0.39 is 0 Å². The van der Waals surface area contributed by atoms with Crippen molar-refractivity contribution in [1.29, 1.82) is 0 Å². The van der Waals surface area contributed by atoms with Crippen LogP contribution >= 0.6 is 23.2 Å². The number of aryl methyl sites for hydroxylation is 1. The summed E-state index contributed by atoms with van der Waals surface area (Å²) in [6, 6.07) is 7.83. The van der Waals surface area contributed by atoms with Crippen LogP contribution in [0.15, 0.2) is 24.3 Å². The topological polar surface area (TPSA) is 17.8 Å². The molecule has 0 aliphatic heterocycles. The molecule has 0 N–H and O–H groups in total. The number of hydrogen-bond acceptors (Lipinski definition) is 1. The van der Waals surface area contributed by atoms with Gasteiger partial charge >= 0.3 is 0 Å². The summed E-state index contributed by atoms with van der Waals surface area (Å²) < 4.78 is 1.91. The van der Waals surface area contributed by atoms with Crippen LogP contribution in [0.4, 0.5) is 0 Å². The lowest BCUT2D eigenvalue weighted by Gasteiger charge is -2.00. The van der Waals surface area contributed by atoms with Crippen LogP contribution in [-0.4, -0.2) is 15.4 Å². The van der Waals surface area contributed by atoms with Crippen LogP contribution in [0.5, 0.6) is 0 Å². The third-order valence-corrected chi connectivity index (χ3v) is 2.37. The highest BCUT2D eigenvalue weighted by molar-refractivity contribution is 6.29. The number of para-hydroxylation sites is 2. The van der Waals surface area contributed by atoms with Crippen LogP contribution in [0, 0.1) is 0 Å². The third-order valence-electron chi connectivity index (χ3n) is 1.92. The number of rotatable bonds is 2. The van der Waals surface area contributed by atoms with Crippen molar-refractivity contribution in [2.75, 3.05) is 5.88 Å². The number of alkyl halides is 1. The molecule has 1 heterocycles. The molecule has 4 heteroatoms. The number of nitrogens with zero attached hydrogens (tertiary/aromatic N) is 2. The zero-order valence-corrected chi connectivity index (χ0v) is 8.39. The molecule has 0 aliphatic rings. The van der Waals surface area contributed by atoms with Gasteiger partial charge in [-0.1, -0.05) is 12.1 Å². The van der Waals surface area contributed by atoms with Gasteiger partial charge in [-0.3, -0.25) is 0 Å². The second-order valence-corrected chi connectivity index (χ2v) is 3.43. The smallest absolute Gasteiger partial charge is 0.203 e. The molecule has 0 unspecified atom stereocenters. The van der Waals surface area contributed by atoms with Crippen LogP contribution in [0.3, 0.4) is 0 Å². The first-order chi connectivity index (χ1) is 6.33. The Morgan fingerprint density at radius 1 is 1.31 bits per heavy atom. The number of benzene rings is 1. The fourth-order valence-corrected chi connectivity index (χ4v) is 1.78. The van der Waals surface area contributed by atoms with Gasteiger partial charge in [-0.25, -0.2) is 4.98 Å². The van der Waals surface area contributed by atoms with Gasteiger partial charge in [0.15, 0.2) is 0 Å². The van der Waals surface area contributed by atoms with Crippen molar-refractivity contribution in [2.45, 2.75) is 6.54 Å². The molecule has 1 aromatic carbocycles. The minimum Gasteiger partial charge on any atom is -0.313 e. The highest BCUT2D eigenvalue weighted by Gasteiger charge is 2.06. The van der Waals surface area contributed by atoms with E-state index in [0.29, 0.717) is 17.7 Å². The van der Waals surface area contributed by atoms with Gasteiger partial charge in [0.05, 0.1) is 11.0 Å². The molecule has 2 aromatic rings. The molecular formula is C9H8Cl2N2. The Labute approximate surface area is 86.1 Å². The van der Waals surface area contributed by atoms with Gasteiger partial charge in [0.2, 0.25) is 5.28 Å². The van der Waals surface area contributed by atoms with Crippen LogP contribution < -0.4 is 0 Å². The van der Waals surface area contributed by atoms with E-state index >= 15 is 0 Å². The summed E-state index contributed by atoms with van der Waals surface area (Å²) >= 11 is 11.6. The van der Waals surface area contributed by atoms with Crippen LogP contribution in [-0.2, 0) is 6.54 Å². The molecule has 0 bridgehead atoms. The Morgan fingerprint density at radius 2 is 2.08 bits per heavy atom. The minimum atomic E-state index is 0.502. The van der Waals surface area contributed by atoms with Crippen LogP contribution in [0.2, 0.25) is 5.28 Å². The highest BCUT2D eigenvalue weighted by Crippen LogP contribution is 2.19. The molecule has 0 fully saturated rings. The molecule has 0 aliphatic carbocycles. The lowest BCUT2D eigenvalue weighted by atomic mass is 10.3. The van der Waals surface area contributed by atoms with Gasteiger partial charge in [-0.2, -0.15) is 0 Å². The molecule has 2 nitrogen and oxygen atoms in total. The minimum absolute atomic E-state index is 0.502. The summed E-state index contributed by atoms with van der Waals surface area (Å²) in [6.07, 6.45) is 0. The molecule has 68 valence electrons. The van der Waals surface area contributed by atoms with Crippen molar-refractivity contribution < 1.29 is 0 Å². The van der Waals surface area contributed by atoms with Crippen LogP contribution in [0.1, 0.15) is 0 Å². The Kier molecular flexibility index (Phi) is 2.42. The lowest BCUT2D eigenvalue weighted by Crippen LogP contribution is -1.98. The Balaban J connectivity index is 2.64. The monoisotopic (exact) mass is 214 g/mol. The number of hydrogen-bond donors (Lipinski definition) is 0. The molecule has 0 radical (unpaired) electrons. The van der Waals surface area contributed by atoms with E-state index in [9.17, 15) is 0 Å². The Hall–Kier alpha value is -0.730. The van der Waals surface area contributed by atoms with Crippen molar-refractivity contribution in [3.63, 3.8) is 0 Å². The Morgan fingerprint density at radius 3 is 2.85 bits per heavy atom. The number of aromatic nitrogens is 2. The van der Waals surface area contributed by atoms with Crippen LogP contribution in [0.25, 0.3) is 11.0 Å². The summed E-state index contributed by atoms with van der Waals surface area (Å²) in [5.74, 6) is 0.542. The van der Waals surface area contributed by atoms with E-state index in [0.717, 1.165) is 11.0 Å². The largest absolute Gasteiger partial charge is 0.313 e. The summed E-state index contributed by atoms with van der Waals surface area (Å²) in [5, 5.41) is 0.502. The molecule has 13 heavy (non-hydrogen) atoms. The fraction of sp³-hybridized carbons (Fsp3) is 0.222. The summed E-state index contributed by atoms with van der Waals surface area (Å²) in [4.78, 5) is 4.20. The molecule has 0 spiro atoms. The van der Waals surface area contributed by atoms with E-state index in [4.69, 9.17) is 23.2 Å². The van der Waals surface area contributed by atoms with E-state index in [-0.39, 0.29) is 0 Å². The first-order valence-corrected chi connectivity index (χ1v) is 4.91. The number of imidazole rings is 1. The van der Waals surface area contributed by atoms with Gasteiger partial charge in [0, 0.05) is 12.4 Å². The first-order valence-electron chi connectivity index (χ1n) is 3.99. The average Bonchev–Trinajstić information content (AvgIpc) is 2.44. The van der Waals surface area contributed by atoms with Crippen molar-refractivity contribution in [1.82, 2.24) is 9.55 Å². The molecule has 0 atom stereocenters. The lowest BCUT2D eigenvalue weighted by molar-refractivity contribution is 0.794. The summed E-state index contributed by atoms with van der Waals surface area (Å²) in [6.45, 7) is 0.695. The zero-order valence-electron chi connectivity index (χ0n) is 6.87.